The Balaban J connectivity index is 1.48. The first-order valence-corrected chi connectivity index (χ1v) is 13.5. The van der Waals surface area contributed by atoms with Gasteiger partial charge in [-0.15, -0.1) is 0 Å². The number of sulfonamides is 1. The fourth-order valence-electron chi connectivity index (χ4n) is 3.97. The van der Waals surface area contributed by atoms with Crippen molar-refractivity contribution in [3.05, 3.63) is 120 Å². The van der Waals surface area contributed by atoms with Crippen molar-refractivity contribution in [1.29, 1.82) is 0 Å². The molecule has 1 N–H and O–H groups in total. The van der Waals surface area contributed by atoms with E-state index in [-0.39, 0.29) is 17.2 Å². The van der Waals surface area contributed by atoms with E-state index in [2.05, 4.69) is 5.32 Å². The molecule has 0 saturated carbocycles. The van der Waals surface area contributed by atoms with Gasteiger partial charge in [-0.1, -0.05) is 60.7 Å². The molecule has 1 atom stereocenters. The Morgan fingerprint density at radius 1 is 0.816 bits per heavy atom. The molecule has 1 amide bonds. The SMILES string of the molecule is COc1ccc([C@@H](CC(=O)Nc2ccc(OCc3ccccc3)cc2)N(C)S(=O)(=O)c2ccccc2)cc1. The third-order valence-electron chi connectivity index (χ3n) is 6.12. The summed E-state index contributed by atoms with van der Waals surface area (Å²) in [6.45, 7) is 0.443. The predicted octanol–water partition coefficient (Wildman–Crippen LogP) is 5.66. The van der Waals surface area contributed by atoms with E-state index < -0.39 is 16.1 Å². The van der Waals surface area contributed by atoms with E-state index in [0.29, 0.717) is 29.4 Å². The molecular formula is C30H30N2O5S. The van der Waals surface area contributed by atoms with Crippen LogP contribution in [0.5, 0.6) is 11.5 Å². The Hall–Kier alpha value is -4.14. The first kappa shape index (κ1) is 26.9. The van der Waals surface area contributed by atoms with Crippen LogP contribution >= 0.6 is 0 Å². The second kappa shape index (κ2) is 12.4. The summed E-state index contributed by atoms with van der Waals surface area (Å²) in [7, 11) is -0.801. The van der Waals surface area contributed by atoms with Crippen LogP contribution in [0.15, 0.2) is 114 Å². The van der Waals surface area contributed by atoms with E-state index in [4.69, 9.17) is 9.47 Å². The van der Waals surface area contributed by atoms with Crippen molar-refractivity contribution < 1.29 is 22.7 Å². The van der Waals surface area contributed by atoms with E-state index in [9.17, 15) is 13.2 Å². The van der Waals surface area contributed by atoms with E-state index in [0.717, 1.165) is 5.56 Å². The molecule has 4 aromatic rings. The zero-order valence-electron chi connectivity index (χ0n) is 21.3. The van der Waals surface area contributed by atoms with Gasteiger partial charge in [-0.2, -0.15) is 4.31 Å². The van der Waals surface area contributed by atoms with Crippen LogP contribution in [0.1, 0.15) is 23.6 Å². The summed E-state index contributed by atoms with van der Waals surface area (Å²) in [4.78, 5) is 13.3. The molecule has 196 valence electrons. The maximum Gasteiger partial charge on any atom is 0.243 e. The van der Waals surface area contributed by atoms with Crippen LogP contribution in [-0.4, -0.2) is 32.8 Å². The number of methoxy groups -OCH3 is 1. The lowest BCUT2D eigenvalue weighted by Gasteiger charge is -2.28. The van der Waals surface area contributed by atoms with E-state index in [1.54, 1.807) is 86.0 Å². The summed E-state index contributed by atoms with van der Waals surface area (Å²) >= 11 is 0. The molecule has 0 bridgehead atoms. The average Bonchev–Trinajstić information content (AvgIpc) is 2.96. The Morgan fingerprint density at radius 2 is 1.39 bits per heavy atom. The van der Waals surface area contributed by atoms with Crippen molar-refractivity contribution in [3.8, 4) is 11.5 Å². The van der Waals surface area contributed by atoms with Gasteiger partial charge >= 0.3 is 0 Å². The number of anilines is 1. The first-order chi connectivity index (χ1) is 18.4. The van der Waals surface area contributed by atoms with Gasteiger partial charge in [0.1, 0.15) is 18.1 Å². The molecule has 4 rings (SSSR count). The zero-order chi connectivity index (χ0) is 27.0. The Labute approximate surface area is 223 Å². The smallest absolute Gasteiger partial charge is 0.243 e. The number of carbonyl (C=O) groups excluding carboxylic acids is 1. The minimum Gasteiger partial charge on any atom is -0.497 e. The van der Waals surface area contributed by atoms with Crippen LogP contribution < -0.4 is 14.8 Å². The lowest BCUT2D eigenvalue weighted by atomic mass is 10.0. The molecule has 0 aliphatic heterocycles. The molecule has 0 heterocycles. The molecule has 38 heavy (non-hydrogen) atoms. The molecule has 4 aromatic carbocycles. The van der Waals surface area contributed by atoms with Gasteiger partial charge in [-0.3, -0.25) is 4.79 Å². The molecule has 0 fully saturated rings. The fourth-order valence-corrected chi connectivity index (χ4v) is 5.34. The number of hydrogen-bond donors (Lipinski definition) is 1. The number of nitrogens with one attached hydrogen (secondary N) is 1. The quantitative estimate of drug-likeness (QED) is 0.270. The standard InChI is InChI=1S/C30H30N2O5S/c1-32(38(34,35)28-11-7-4-8-12-28)29(24-13-17-26(36-2)18-14-24)21-30(33)31-25-15-19-27(20-16-25)37-22-23-9-5-3-6-10-23/h3-20,29H,21-22H2,1-2H3,(H,31,33)/t29-/m1/s1. The summed E-state index contributed by atoms with van der Waals surface area (Å²) in [5, 5.41) is 2.87. The number of ether oxygens (including phenoxy) is 2. The molecule has 0 unspecified atom stereocenters. The van der Waals surface area contributed by atoms with Crippen molar-refractivity contribution in [2.75, 3.05) is 19.5 Å². The van der Waals surface area contributed by atoms with Crippen LogP contribution in [0.2, 0.25) is 0 Å². The number of hydrogen-bond acceptors (Lipinski definition) is 5. The highest BCUT2D eigenvalue weighted by Gasteiger charge is 2.31. The maximum atomic E-state index is 13.4. The van der Waals surface area contributed by atoms with Crippen LogP contribution in [0, 0.1) is 0 Å². The fraction of sp³-hybridized carbons (Fsp3) is 0.167. The summed E-state index contributed by atoms with van der Waals surface area (Å²) in [6.07, 6.45) is -0.0822. The highest BCUT2D eigenvalue weighted by molar-refractivity contribution is 7.89. The number of benzene rings is 4. The van der Waals surface area contributed by atoms with Crippen LogP contribution in [0.25, 0.3) is 0 Å². The van der Waals surface area contributed by atoms with Crippen LogP contribution in [0.4, 0.5) is 5.69 Å². The lowest BCUT2D eigenvalue weighted by molar-refractivity contribution is -0.117. The highest BCUT2D eigenvalue weighted by atomic mass is 32.2. The number of amides is 1. The van der Waals surface area contributed by atoms with Gasteiger partial charge in [0, 0.05) is 19.2 Å². The van der Waals surface area contributed by atoms with Gasteiger partial charge < -0.3 is 14.8 Å². The first-order valence-electron chi connectivity index (χ1n) is 12.1. The summed E-state index contributed by atoms with van der Waals surface area (Å²) in [5.74, 6) is 0.996. The average molecular weight is 531 g/mol. The van der Waals surface area contributed by atoms with Crippen molar-refractivity contribution in [1.82, 2.24) is 4.31 Å². The van der Waals surface area contributed by atoms with Gasteiger partial charge in [-0.25, -0.2) is 8.42 Å². The molecule has 0 radical (unpaired) electrons. The second-order valence-electron chi connectivity index (χ2n) is 8.67. The summed E-state index contributed by atoms with van der Waals surface area (Å²) in [5.41, 5.74) is 2.32. The Kier molecular flexibility index (Phi) is 8.78. The van der Waals surface area contributed by atoms with Crippen molar-refractivity contribution in [3.63, 3.8) is 0 Å². The minimum atomic E-state index is -3.85. The third-order valence-corrected chi connectivity index (χ3v) is 8.01. The molecule has 8 heteroatoms. The molecule has 0 aromatic heterocycles. The lowest BCUT2D eigenvalue weighted by Crippen LogP contribution is -2.33. The van der Waals surface area contributed by atoms with Gasteiger partial charge in [0.05, 0.1) is 18.0 Å². The molecule has 0 spiro atoms. The van der Waals surface area contributed by atoms with E-state index >= 15 is 0 Å². The van der Waals surface area contributed by atoms with Gasteiger partial charge in [-0.05, 0) is 59.7 Å². The highest BCUT2D eigenvalue weighted by Crippen LogP contribution is 2.30. The van der Waals surface area contributed by atoms with Gasteiger partial charge in [0.2, 0.25) is 15.9 Å². The molecule has 7 nitrogen and oxygen atoms in total. The van der Waals surface area contributed by atoms with E-state index in [1.807, 2.05) is 30.3 Å². The second-order valence-corrected chi connectivity index (χ2v) is 10.7. The zero-order valence-corrected chi connectivity index (χ0v) is 22.1. The van der Waals surface area contributed by atoms with Crippen molar-refractivity contribution >= 4 is 21.6 Å². The summed E-state index contributed by atoms with van der Waals surface area (Å²) in [6, 6.07) is 31.4. The van der Waals surface area contributed by atoms with Gasteiger partial charge in [0.15, 0.2) is 0 Å². The Bertz CT molecular complexity index is 1430. The normalized spacial score (nSPS) is 12.1. The number of carbonyl (C=O) groups is 1. The van der Waals surface area contributed by atoms with E-state index in [1.165, 1.54) is 11.4 Å². The molecule has 0 saturated heterocycles. The van der Waals surface area contributed by atoms with Crippen LogP contribution in [-0.2, 0) is 21.4 Å². The molecular weight excluding hydrogens is 500 g/mol. The third kappa shape index (κ3) is 6.79. The number of nitrogens with zero attached hydrogens (tertiary/aromatic N) is 1. The predicted molar refractivity (Wildman–Crippen MR) is 148 cm³/mol. The minimum absolute atomic E-state index is 0.0822. The van der Waals surface area contributed by atoms with Gasteiger partial charge in [0.25, 0.3) is 0 Å². The largest absolute Gasteiger partial charge is 0.497 e. The van der Waals surface area contributed by atoms with Crippen molar-refractivity contribution in [2.24, 2.45) is 0 Å². The monoisotopic (exact) mass is 530 g/mol. The molecule has 0 aliphatic carbocycles. The number of rotatable bonds is 11. The maximum absolute atomic E-state index is 13.4. The summed E-state index contributed by atoms with van der Waals surface area (Å²) < 4.78 is 39.0. The molecule has 0 aliphatic rings. The van der Waals surface area contributed by atoms with Crippen molar-refractivity contribution in [2.45, 2.75) is 24.0 Å². The topological polar surface area (TPSA) is 84.9 Å². The Morgan fingerprint density at radius 3 is 2.00 bits per heavy atom. The van der Waals surface area contributed by atoms with Crippen LogP contribution in [0.3, 0.4) is 0 Å².